The molecule has 1 aromatic carbocycles. The topological polar surface area (TPSA) is 81.5 Å². The third-order valence-corrected chi connectivity index (χ3v) is 5.80. The van der Waals surface area contributed by atoms with Gasteiger partial charge in [-0.3, -0.25) is 9.59 Å². The molecule has 0 aliphatic heterocycles. The summed E-state index contributed by atoms with van der Waals surface area (Å²) in [5.41, 5.74) is 1.54. The fraction of sp³-hybridized carbons (Fsp3) is 0.300. The number of amides is 1. The average Bonchev–Trinajstić information content (AvgIpc) is 3.28. The molecule has 0 saturated carbocycles. The van der Waals surface area contributed by atoms with E-state index < -0.39 is 5.97 Å². The summed E-state index contributed by atoms with van der Waals surface area (Å²) in [6.45, 7) is 2.92. The molecule has 0 spiro atoms. The van der Waals surface area contributed by atoms with Gasteiger partial charge in [-0.2, -0.15) is 0 Å². The molecule has 0 radical (unpaired) electrons. The molecule has 1 amide bonds. The van der Waals surface area contributed by atoms with Gasteiger partial charge in [-0.15, -0.1) is 11.3 Å². The third kappa shape index (κ3) is 3.96. The van der Waals surface area contributed by atoms with Crippen LogP contribution in [0.3, 0.4) is 0 Å². The number of carbonyl (C=O) groups excluding carboxylic acids is 3. The molecule has 28 heavy (non-hydrogen) atoms. The first-order valence-electron chi connectivity index (χ1n) is 8.73. The fourth-order valence-corrected chi connectivity index (χ4v) is 3.78. The number of esters is 1. The Balaban J connectivity index is 1.63. The van der Waals surface area contributed by atoms with Crippen molar-refractivity contribution in [1.82, 2.24) is 14.5 Å². The first kappa shape index (κ1) is 19.8. The summed E-state index contributed by atoms with van der Waals surface area (Å²) in [6, 6.07) is 9.00. The Morgan fingerprint density at radius 3 is 2.64 bits per heavy atom. The van der Waals surface area contributed by atoms with Gasteiger partial charge in [0.15, 0.2) is 12.4 Å². The number of thiazole rings is 1. The van der Waals surface area contributed by atoms with Crippen LogP contribution in [0.1, 0.15) is 45.7 Å². The second-order valence-electron chi connectivity index (χ2n) is 6.56. The van der Waals surface area contributed by atoms with Gasteiger partial charge in [0.1, 0.15) is 10.7 Å². The van der Waals surface area contributed by atoms with Crippen LogP contribution in [-0.4, -0.2) is 45.8 Å². The van der Waals surface area contributed by atoms with Crippen LogP contribution in [-0.2, 0) is 16.6 Å². The molecule has 7 nitrogen and oxygen atoms in total. The Morgan fingerprint density at radius 2 is 2.00 bits per heavy atom. The number of aromatic nitrogens is 2. The number of Topliss-reactive ketones (excluding diaryl/α,β-unsaturated/α-hetero) is 1. The van der Waals surface area contributed by atoms with Crippen LogP contribution in [0.25, 0.3) is 10.2 Å². The third-order valence-electron chi connectivity index (χ3n) is 4.59. The largest absolute Gasteiger partial charge is 0.451 e. The monoisotopic (exact) mass is 399 g/mol. The highest BCUT2D eigenvalue weighted by molar-refractivity contribution is 7.18. The molecule has 2 aromatic heterocycles. The first-order chi connectivity index (χ1) is 13.3. The minimum Gasteiger partial charge on any atom is -0.451 e. The normalized spacial score (nSPS) is 12.0. The summed E-state index contributed by atoms with van der Waals surface area (Å²) in [7, 11) is 3.30. The van der Waals surface area contributed by atoms with Crippen LogP contribution in [0.4, 0.5) is 0 Å². The molecular formula is C20H21N3O4S. The molecule has 8 heteroatoms. The van der Waals surface area contributed by atoms with Crippen LogP contribution in [0.15, 0.2) is 36.5 Å². The number of ketones is 1. The van der Waals surface area contributed by atoms with Crippen LogP contribution in [0, 0.1) is 0 Å². The summed E-state index contributed by atoms with van der Waals surface area (Å²) in [5.74, 6) is -1.12. The molecule has 0 N–H and O–H groups in total. The predicted molar refractivity (Wildman–Crippen MR) is 107 cm³/mol. The number of nitrogens with zero attached hydrogens (tertiary/aromatic N) is 3. The fourth-order valence-electron chi connectivity index (χ4n) is 2.71. The van der Waals surface area contributed by atoms with Crippen molar-refractivity contribution in [2.45, 2.75) is 19.9 Å². The maximum Gasteiger partial charge on any atom is 0.355 e. The Kier molecular flexibility index (Phi) is 5.60. The molecule has 0 aliphatic carbocycles. The quantitative estimate of drug-likeness (QED) is 0.470. The van der Waals surface area contributed by atoms with Crippen molar-refractivity contribution < 1.29 is 19.1 Å². The van der Waals surface area contributed by atoms with Crippen molar-refractivity contribution in [2.24, 2.45) is 7.05 Å². The van der Waals surface area contributed by atoms with Gasteiger partial charge < -0.3 is 14.2 Å². The van der Waals surface area contributed by atoms with E-state index in [0.29, 0.717) is 5.56 Å². The Morgan fingerprint density at radius 1 is 1.29 bits per heavy atom. The molecular weight excluding hydrogens is 378 g/mol. The lowest BCUT2D eigenvalue weighted by atomic mass is 10.2. The van der Waals surface area contributed by atoms with E-state index in [1.807, 2.05) is 31.2 Å². The molecule has 0 saturated heterocycles. The minimum atomic E-state index is -0.649. The SMILES string of the molecule is CC(=O)c1cc(C(=O)OCC(=O)N(C)[C@@H](C)c2nc3ccccc3s2)n(C)c1. The van der Waals surface area contributed by atoms with Gasteiger partial charge in [-0.1, -0.05) is 12.1 Å². The van der Waals surface area contributed by atoms with Crippen molar-refractivity contribution in [2.75, 3.05) is 13.7 Å². The van der Waals surface area contributed by atoms with E-state index in [1.54, 1.807) is 20.3 Å². The van der Waals surface area contributed by atoms with Gasteiger partial charge in [0, 0.05) is 25.9 Å². The van der Waals surface area contributed by atoms with E-state index >= 15 is 0 Å². The maximum atomic E-state index is 12.5. The number of para-hydroxylation sites is 1. The summed E-state index contributed by atoms with van der Waals surface area (Å²) in [6.07, 6.45) is 1.56. The Hall–Kier alpha value is -3.00. The van der Waals surface area contributed by atoms with Crippen molar-refractivity contribution >= 4 is 39.2 Å². The predicted octanol–water partition coefficient (Wildman–Crippen LogP) is 3.21. The lowest BCUT2D eigenvalue weighted by molar-refractivity contribution is -0.135. The standard InChI is InChI=1S/C20H21N3O4S/c1-12(19-21-15-7-5-6-8-17(15)28-19)23(4)18(25)11-27-20(26)16-9-14(13(2)24)10-22(16)3/h5-10,12H,11H2,1-4H3/t12-/m0/s1. The number of rotatable bonds is 6. The summed E-state index contributed by atoms with van der Waals surface area (Å²) < 4.78 is 7.72. The van der Waals surface area contributed by atoms with Gasteiger partial charge in [0.25, 0.3) is 5.91 Å². The molecule has 3 aromatic rings. The van der Waals surface area contributed by atoms with Crippen molar-refractivity contribution in [3.63, 3.8) is 0 Å². The number of hydrogen-bond acceptors (Lipinski definition) is 6. The number of likely N-dealkylation sites (N-methyl/N-ethyl adjacent to an activating group) is 1. The molecule has 0 bridgehead atoms. The summed E-state index contributed by atoms with van der Waals surface area (Å²) in [4.78, 5) is 42.2. The van der Waals surface area contributed by atoms with Crippen LogP contribution in [0.5, 0.6) is 0 Å². The zero-order valence-corrected chi connectivity index (χ0v) is 16.9. The van der Waals surface area contributed by atoms with Crippen molar-refractivity contribution in [1.29, 1.82) is 0 Å². The van der Waals surface area contributed by atoms with Crippen LogP contribution in [0.2, 0.25) is 0 Å². The molecule has 2 heterocycles. The number of aryl methyl sites for hydroxylation is 1. The highest BCUT2D eigenvalue weighted by Gasteiger charge is 2.23. The molecule has 146 valence electrons. The zero-order valence-electron chi connectivity index (χ0n) is 16.1. The van der Waals surface area contributed by atoms with E-state index in [0.717, 1.165) is 15.2 Å². The lowest BCUT2D eigenvalue weighted by Gasteiger charge is -2.23. The summed E-state index contributed by atoms with van der Waals surface area (Å²) >= 11 is 1.53. The van der Waals surface area contributed by atoms with Gasteiger partial charge in [0.05, 0.1) is 16.3 Å². The second-order valence-corrected chi connectivity index (χ2v) is 7.62. The van der Waals surface area contributed by atoms with E-state index in [4.69, 9.17) is 4.74 Å². The van der Waals surface area contributed by atoms with E-state index in [9.17, 15) is 14.4 Å². The number of carbonyl (C=O) groups is 3. The van der Waals surface area contributed by atoms with E-state index in [1.165, 1.54) is 33.8 Å². The number of hydrogen-bond donors (Lipinski definition) is 0. The first-order valence-corrected chi connectivity index (χ1v) is 9.55. The molecule has 0 unspecified atom stereocenters. The van der Waals surface area contributed by atoms with Gasteiger partial charge in [-0.25, -0.2) is 9.78 Å². The van der Waals surface area contributed by atoms with Crippen molar-refractivity contribution in [3.8, 4) is 0 Å². The van der Waals surface area contributed by atoms with E-state index in [2.05, 4.69) is 4.98 Å². The second kappa shape index (κ2) is 7.93. The number of ether oxygens (including phenoxy) is 1. The van der Waals surface area contributed by atoms with E-state index in [-0.39, 0.29) is 30.0 Å². The van der Waals surface area contributed by atoms with Gasteiger partial charge in [0.2, 0.25) is 0 Å². The van der Waals surface area contributed by atoms with Crippen molar-refractivity contribution in [3.05, 3.63) is 52.8 Å². The Labute approximate surface area is 166 Å². The van der Waals surface area contributed by atoms with Gasteiger partial charge in [-0.05, 0) is 32.0 Å². The van der Waals surface area contributed by atoms with Crippen LogP contribution >= 0.6 is 11.3 Å². The minimum absolute atomic E-state index is 0.143. The Bertz CT molecular complexity index is 1020. The van der Waals surface area contributed by atoms with Gasteiger partial charge >= 0.3 is 5.97 Å². The number of fused-ring (bicyclic) bond motifs is 1. The molecule has 3 rings (SSSR count). The average molecular weight is 399 g/mol. The molecule has 1 atom stereocenters. The molecule has 0 fully saturated rings. The zero-order chi connectivity index (χ0) is 20.4. The number of benzene rings is 1. The lowest BCUT2D eigenvalue weighted by Crippen LogP contribution is -2.33. The highest BCUT2D eigenvalue weighted by Crippen LogP contribution is 2.28. The maximum absolute atomic E-state index is 12.5. The smallest absolute Gasteiger partial charge is 0.355 e. The highest BCUT2D eigenvalue weighted by atomic mass is 32.1. The molecule has 0 aliphatic rings. The van der Waals surface area contributed by atoms with Crippen LogP contribution < -0.4 is 0 Å². The summed E-state index contributed by atoms with van der Waals surface area (Å²) in [5, 5.41) is 0.817.